The van der Waals surface area contributed by atoms with Gasteiger partial charge in [-0.2, -0.15) is 0 Å². The van der Waals surface area contributed by atoms with Crippen molar-refractivity contribution < 1.29 is 28.3 Å². The van der Waals surface area contributed by atoms with Crippen molar-refractivity contribution in [3.05, 3.63) is 106 Å². The highest BCUT2D eigenvalue weighted by Crippen LogP contribution is 2.17. The van der Waals surface area contributed by atoms with Crippen molar-refractivity contribution >= 4 is 17.7 Å². The molecule has 0 saturated heterocycles. The predicted molar refractivity (Wildman–Crippen MR) is 178 cm³/mol. The monoisotopic (exact) mass is 646 g/mol. The van der Waals surface area contributed by atoms with Gasteiger partial charge in [0.15, 0.2) is 0 Å². The van der Waals surface area contributed by atoms with Crippen LogP contribution in [-0.2, 0) is 17.6 Å². The molecule has 0 aliphatic carbocycles. The van der Waals surface area contributed by atoms with Crippen molar-refractivity contribution in [3.8, 4) is 11.8 Å². The first-order valence-electron chi connectivity index (χ1n) is 16.0. The van der Waals surface area contributed by atoms with Crippen LogP contribution < -0.4 is 10.7 Å². The second-order valence-corrected chi connectivity index (χ2v) is 11.3. The molecular formula is C37H44F2N4O4. The first kappa shape index (κ1) is 36.9. The number of benzene rings is 3. The molecule has 0 spiro atoms. The molecule has 3 aromatic carbocycles. The fourth-order valence-electron chi connectivity index (χ4n) is 5.26. The maximum Gasteiger partial charge on any atom is 0.253 e. The van der Waals surface area contributed by atoms with Gasteiger partial charge in [0, 0.05) is 48.9 Å². The fourth-order valence-corrected chi connectivity index (χ4v) is 5.26. The number of hydrogen-bond donors (Lipinski definition) is 3. The van der Waals surface area contributed by atoms with Crippen molar-refractivity contribution in [2.75, 3.05) is 26.2 Å². The summed E-state index contributed by atoms with van der Waals surface area (Å²) in [4.78, 5) is 41.7. The Balaban J connectivity index is 1.89. The fraction of sp³-hybridized carbons (Fsp3) is 0.378. The summed E-state index contributed by atoms with van der Waals surface area (Å²) in [5, 5.41) is 15.7. The summed E-state index contributed by atoms with van der Waals surface area (Å²) in [6.45, 7) is 8.78. The summed E-state index contributed by atoms with van der Waals surface area (Å²) >= 11 is 0. The Morgan fingerprint density at radius 3 is 2.11 bits per heavy atom. The first-order valence-corrected chi connectivity index (χ1v) is 16.0. The van der Waals surface area contributed by atoms with E-state index in [1.807, 2.05) is 44.2 Å². The highest BCUT2D eigenvalue weighted by molar-refractivity contribution is 6.00. The smallest absolute Gasteiger partial charge is 0.253 e. The van der Waals surface area contributed by atoms with Crippen LogP contribution in [0.5, 0.6) is 0 Å². The summed E-state index contributed by atoms with van der Waals surface area (Å²) in [5.74, 6) is 3.02. The molecular weight excluding hydrogens is 602 g/mol. The number of carbonyl (C=O) groups excluding carboxylic acids is 3. The van der Waals surface area contributed by atoms with E-state index in [0.717, 1.165) is 36.6 Å². The third-order valence-electron chi connectivity index (χ3n) is 7.42. The van der Waals surface area contributed by atoms with E-state index in [4.69, 9.17) is 0 Å². The molecule has 0 saturated carbocycles. The van der Waals surface area contributed by atoms with Crippen molar-refractivity contribution in [1.29, 1.82) is 0 Å². The summed E-state index contributed by atoms with van der Waals surface area (Å²) in [6, 6.07) is 15.9. The van der Waals surface area contributed by atoms with Gasteiger partial charge < -0.3 is 15.3 Å². The summed E-state index contributed by atoms with van der Waals surface area (Å²) < 4.78 is 28.2. The zero-order valence-electron chi connectivity index (χ0n) is 27.5. The Morgan fingerprint density at radius 2 is 1.51 bits per heavy atom. The minimum absolute atomic E-state index is 0.0894. The third kappa shape index (κ3) is 11.6. The van der Waals surface area contributed by atoms with Crippen LogP contribution in [0.25, 0.3) is 0 Å². The van der Waals surface area contributed by atoms with Crippen molar-refractivity contribution in [3.63, 3.8) is 0 Å². The molecule has 0 aliphatic heterocycles. The molecule has 0 fully saturated rings. The highest BCUT2D eigenvalue weighted by Gasteiger charge is 2.26. The van der Waals surface area contributed by atoms with Crippen molar-refractivity contribution in [1.82, 2.24) is 20.7 Å². The molecule has 10 heteroatoms. The summed E-state index contributed by atoms with van der Waals surface area (Å²) in [6.07, 6.45) is 0.289. The lowest BCUT2D eigenvalue weighted by molar-refractivity contribution is -0.125. The average Bonchev–Trinajstić information content (AvgIpc) is 3.03. The minimum atomic E-state index is -1.27. The Hall–Kier alpha value is -4.59. The van der Waals surface area contributed by atoms with Crippen LogP contribution >= 0.6 is 0 Å². The Morgan fingerprint density at radius 1 is 0.872 bits per heavy atom. The van der Waals surface area contributed by atoms with E-state index in [9.17, 15) is 28.3 Å². The van der Waals surface area contributed by atoms with Crippen LogP contribution in [0, 0.1) is 23.5 Å². The molecule has 8 nitrogen and oxygen atoms in total. The molecule has 0 aromatic heterocycles. The van der Waals surface area contributed by atoms with Crippen LogP contribution in [-0.4, -0.2) is 71.1 Å². The van der Waals surface area contributed by atoms with Gasteiger partial charge in [0.25, 0.3) is 11.8 Å². The van der Waals surface area contributed by atoms with Crippen LogP contribution in [0.4, 0.5) is 8.78 Å². The zero-order chi connectivity index (χ0) is 34.3. The number of nitrogens with zero attached hydrogens (tertiary/aromatic N) is 2. The van der Waals surface area contributed by atoms with Gasteiger partial charge in [0.2, 0.25) is 5.91 Å². The van der Waals surface area contributed by atoms with E-state index in [-0.39, 0.29) is 42.3 Å². The standard InChI is InChI=1S/C37H44F2N4O4/c1-5-12-27-17-29(23-30(18-27)37(47)42(15-6-2)16-7-3)36(46)40-33(21-28-19-31(38)24-32(39)20-28)34(44)25-43(8-4)41-35(45)22-26-13-10-9-11-14-26/h9-11,13-14,17-20,23-24,33-34,44H,6-8,15-16,21-22,25H2,1-4H3,(H,40,46)(H,41,45). The van der Waals surface area contributed by atoms with Gasteiger partial charge in [-0.05, 0) is 67.6 Å². The molecule has 3 aromatic rings. The second kappa shape index (κ2) is 18.5. The van der Waals surface area contributed by atoms with E-state index in [1.54, 1.807) is 30.9 Å². The Bertz CT molecular complexity index is 1550. The molecule has 250 valence electrons. The number of rotatable bonds is 16. The van der Waals surface area contributed by atoms with E-state index >= 15 is 0 Å². The van der Waals surface area contributed by atoms with E-state index in [0.29, 0.717) is 30.8 Å². The number of halogens is 2. The van der Waals surface area contributed by atoms with Crippen LogP contribution in [0.15, 0.2) is 66.7 Å². The molecule has 3 N–H and O–H groups in total. The molecule has 47 heavy (non-hydrogen) atoms. The number of hydrogen-bond acceptors (Lipinski definition) is 5. The number of aliphatic hydroxyl groups excluding tert-OH is 1. The summed E-state index contributed by atoms with van der Waals surface area (Å²) in [5.41, 5.74) is 4.75. The highest BCUT2D eigenvalue weighted by atomic mass is 19.1. The predicted octanol–water partition coefficient (Wildman–Crippen LogP) is 4.90. The van der Waals surface area contributed by atoms with Crippen molar-refractivity contribution in [2.45, 2.75) is 65.5 Å². The Kier molecular flexibility index (Phi) is 14.5. The van der Waals surface area contributed by atoms with Crippen LogP contribution in [0.3, 0.4) is 0 Å². The maximum atomic E-state index is 14.1. The first-order chi connectivity index (χ1) is 22.6. The zero-order valence-corrected chi connectivity index (χ0v) is 27.5. The molecule has 3 rings (SSSR count). The molecule has 2 unspecified atom stereocenters. The normalized spacial score (nSPS) is 12.1. The lowest BCUT2D eigenvalue weighted by Gasteiger charge is -2.30. The molecule has 0 bridgehead atoms. The number of aliphatic hydroxyl groups is 1. The number of amides is 3. The number of likely N-dealkylation sites (N-methyl/N-ethyl adjacent to an activating group) is 1. The topological polar surface area (TPSA) is 102 Å². The maximum absolute atomic E-state index is 14.1. The van der Waals surface area contributed by atoms with E-state index < -0.39 is 29.7 Å². The van der Waals surface area contributed by atoms with Gasteiger partial charge in [0.05, 0.1) is 18.6 Å². The quantitative estimate of drug-likeness (QED) is 0.152. The molecule has 0 radical (unpaired) electrons. The SMILES string of the molecule is CC#Cc1cc(C(=O)NC(Cc2cc(F)cc(F)c2)C(O)CN(CC)NC(=O)Cc2ccccc2)cc(C(=O)N(CCC)CCC)c1. The molecule has 0 heterocycles. The lowest BCUT2D eigenvalue weighted by atomic mass is 9.99. The van der Waals surface area contributed by atoms with Gasteiger partial charge in [-0.3, -0.25) is 19.8 Å². The van der Waals surface area contributed by atoms with Gasteiger partial charge in [0.1, 0.15) is 11.6 Å². The van der Waals surface area contributed by atoms with E-state index in [2.05, 4.69) is 22.6 Å². The minimum Gasteiger partial charge on any atom is -0.390 e. The average molecular weight is 647 g/mol. The third-order valence-corrected chi connectivity index (χ3v) is 7.42. The lowest BCUT2D eigenvalue weighted by Crippen LogP contribution is -2.53. The summed E-state index contributed by atoms with van der Waals surface area (Å²) in [7, 11) is 0. The van der Waals surface area contributed by atoms with Crippen LogP contribution in [0.2, 0.25) is 0 Å². The van der Waals surface area contributed by atoms with Gasteiger partial charge in [-0.1, -0.05) is 57.0 Å². The van der Waals surface area contributed by atoms with E-state index in [1.165, 1.54) is 11.1 Å². The number of nitrogens with one attached hydrogen (secondary N) is 2. The van der Waals surface area contributed by atoms with Gasteiger partial charge >= 0.3 is 0 Å². The van der Waals surface area contributed by atoms with Gasteiger partial charge in [-0.15, -0.1) is 5.92 Å². The van der Waals surface area contributed by atoms with Gasteiger partial charge in [-0.25, -0.2) is 13.8 Å². The number of hydrazine groups is 1. The number of carbonyl (C=O) groups is 3. The van der Waals surface area contributed by atoms with Crippen LogP contribution in [0.1, 0.15) is 77.9 Å². The Labute approximate surface area is 276 Å². The van der Waals surface area contributed by atoms with Crippen molar-refractivity contribution in [2.24, 2.45) is 0 Å². The molecule has 3 amide bonds. The molecule has 0 aliphatic rings. The molecule has 2 atom stereocenters. The largest absolute Gasteiger partial charge is 0.390 e. The second-order valence-electron chi connectivity index (χ2n) is 11.3.